The zero-order valence-electron chi connectivity index (χ0n) is 16.1. The molecule has 1 aliphatic rings. The molecule has 0 radical (unpaired) electrons. The number of carbonyl (C=O) groups excluding carboxylic acids is 1. The lowest BCUT2D eigenvalue weighted by Gasteiger charge is -2.34. The molecule has 3 rings (SSSR count). The van der Waals surface area contributed by atoms with E-state index in [-0.39, 0.29) is 5.76 Å². The van der Waals surface area contributed by atoms with Crippen LogP contribution >= 0.6 is 0 Å². The smallest absolute Gasteiger partial charge is 0.373 e. The molecule has 146 valence electrons. The molecule has 1 fully saturated rings. The fraction of sp³-hybridized carbons (Fsp3) is 0.450. The topological polar surface area (TPSA) is 64.4 Å². The first kappa shape index (κ1) is 19.3. The van der Waals surface area contributed by atoms with Gasteiger partial charge >= 0.3 is 5.97 Å². The molecule has 0 bridgehead atoms. The summed E-state index contributed by atoms with van der Waals surface area (Å²) in [5.41, 5.74) is 1.12. The first-order chi connectivity index (χ1) is 13.1. The van der Waals surface area contributed by atoms with Gasteiger partial charge in [-0.1, -0.05) is 0 Å². The lowest BCUT2D eigenvalue weighted by atomic mass is 10.1. The molecule has 1 aliphatic heterocycles. The van der Waals surface area contributed by atoms with E-state index in [0.29, 0.717) is 6.54 Å². The summed E-state index contributed by atoms with van der Waals surface area (Å²) < 4.78 is 21.0. The van der Waals surface area contributed by atoms with Gasteiger partial charge in [0.05, 0.1) is 27.9 Å². The summed E-state index contributed by atoms with van der Waals surface area (Å²) in [5.74, 6) is 2.29. The summed E-state index contributed by atoms with van der Waals surface area (Å²) in [5, 5.41) is 0. The highest BCUT2D eigenvalue weighted by atomic mass is 16.5. The van der Waals surface area contributed by atoms with Crippen molar-refractivity contribution in [2.24, 2.45) is 0 Å². The van der Waals surface area contributed by atoms with Gasteiger partial charge in [-0.15, -0.1) is 0 Å². The number of rotatable bonds is 7. The SMILES string of the molecule is COC(=O)c1ccc(CN2CCN(Cc3cc(OC)ccc3OC)CC2)o1. The van der Waals surface area contributed by atoms with Gasteiger partial charge in [0.25, 0.3) is 0 Å². The number of carbonyl (C=O) groups is 1. The van der Waals surface area contributed by atoms with Gasteiger partial charge in [-0.3, -0.25) is 9.80 Å². The molecule has 1 saturated heterocycles. The average Bonchev–Trinajstić information content (AvgIpc) is 3.17. The Balaban J connectivity index is 1.53. The van der Waals surface area contributed by atoms with E-state index in [2.05, 4.69) is 14.5 Å². The van der Waals surface area contributed by atoms with E-state index in [9.17, 15) is 4.79 Å². The predicted molar refractivity (Wildman–Crippen MR) is 100 cm³/mol. The van der Waals surface area contributed by atoms with E-state index in [4.69, 9.17) is 13.9 Å². The molecule has 0 amide bonds. The molecular weight excluding hydrogens is 348 g/mol. The summed E-state index contributed by atoms with van der Waals surface area (Å²) in [6, 6.07) is 9.38. The van der Waals surface area contributed by atoms with Crippen LogP contribution in [0.15, 0.2) is 34.7 Å². The Kier molecular flexibility index (Phi) is 6.36. The van der Waals surface area contributed by atoms with Crippen LogP contribution in [-0.4, -0.2) is 63.3 Å². The summed E-state index contributed by atoms with van der Waals surface area (Å²) in [7, 11) is 4.71. The van der Waals surface area contributed by atoms with Gasteiger partial charge in [0.1, 0.15) is 17.3 Å². The largest absolute Gasteiger partial charge is 0.497 e. The molecule has 0 atom stereocenters. The van der Waals surface area contributed by atoms with Crippen LogP contribution in [0.5, 0.6) is 11.5 Å². The van der Waals surface area contributed by atoms with Gasteiger partial charge in [-0.25, -0.2) is 4.79 Å². The van der Waals surface area contributed by atoms with Crippen LogP contribution in [0.1, 0.15) is 21.9 Å². The van der Waals surface area contributed by atoms with Crippen molar-refractivity contribution in [1.82, 2.24) is 9.80 Å². The van der Waals surface area contributed by atoms with Crippen molar-refractivity contribution in [2.75, 3.05) is 47.5 Å². The monoisotopic (exact) mass is 374 g/mol. The normalized spacial score (nSPS) is 15.5. The van der Waals surface area contributed by atoms with Crippen LogP contribution in [0.4, 0.5) is 0 Å². The predicted octanol–water partition coefficient (Wildman–Crippen LogP) is 2.40. The number of nitrogens with zero attached hydrogens (tertiary/aromatic N) is 2. The molecule has 2 heterocycles. The maximum atomic E-state index is 11.5. The number of ether oxygens (including phenoxy) is 3. The summed E-state index contributed by atoms with van der Waals surface area (Å²) in [4.78, 5) is 16.2. The fourth-order valence-electron chi connectivity index (χ4n) is 3.25. The van der Waals surface area contributed by atoms with Crippen LogP contribution in [0.2, 0.25) is 0 Å². The van der Waals surface area contributed by atoms with Crippen LogP contribution in [0, 0.1) is 0 Å². The highest BCUT2D eigenvalue weighted by Crippen LogP contribution is 2.25. The van der Waals surface area contributed by atoms with Crippen molar-refractivity contribution in [2.45, 2.75) is 13.1 Å². The maximum Gasteiger partial charge on any atom is 0.373 e. The van der Waals surface area contributed by atoms with E-state index in [0.717, 1.165) is 55.5 Å². The van der Waals surface area contributed by atoms with E-state index in [1.165, 1.54) is 7.11 Å². The minimum absolute atomic E-state index is 0.247. The second-order valence-corrected chi connectivity index (χ2v) is 6.49. The van der Waals surface area contributed by atoms with Crippen molar-refractivity contribution in [3.63, 3.8) is 0 Å². The first-order valence-electron chi connectivity index (χ1n) is 8.95. The maximum absolute atomic E-state index is 11.5. The molecule has 27 heavy (non-hydrogen) atoms. The first-order valence-corrected chi connectivity index (χ1v) is 8.95. The van der Waals surface area contributed by atoms with Gasteiger partial charge in [0.15, 0.2) is 0 Å². The third kappa shape index (κ3) is 4.81. The summed E-state index contributed by atoms with van der Waals surface area (Å²) in [6.07, 6.45) is 0. The third-order valence-corrected chi connectivity index (χ3v) is 4.77. The van der Waals surface area contributed by atoms with Crippen LogP contribution in [0.3, 0.4) is 0 Å². The van der Waals surface area contributed by atoms with Gasteiger partial charge in [-0.2, -0.15) is 0 Å². The van der Waals surface area contributed by atoms with Gasteiger partial charge < -0.3 is 18.6 Å². The Morgan fingerprint density at radius 3 is 2.30 bits per heavy atom. The Morgan fingerprint density at radius 1 is 0.963 bits per heavy atom. The van der Waals surface area contributed by atoms with Gasteiger partial charge in [0.2, 0.25) is 5.76 Å². The number of hydrogen-bond donors (Lipinski definition) is 0. The van der Waals surface area contributed by atoms with Crippen LogP contribution < -0.4 is 9.47 Å². The van der Waals surface area contributed by atoms with Crippen molar-refractivity contribution in [3.8, 4) is 11.5 Å². The minimum Gasteiger partial charge on any atom is -0.497 e. The van der Waals surface area contributed by atoms with E-state index in [1.54, 1.807) is 20.3 Å². The molecule has 1 aromatic carbocycles. The Morgan fingerprint density at radius 2 is 1.67 bits per heavy atom. The molecular formula is C20H26N2O5. The number of furan rings is 1. The lowest BCUT2D eigenvalue weighted by molar-refractivity contribution is 0.0559. The molecule has 0 aliphatic carbocycles. The quantitative estimate of drug-likeness (QED) is 0.690. The third-order valence-electron chi connectivity index (χ3n) is 4.77. The van der Waals surface area contributed by atoms with E-state index in [1.807, 2.05) is 24.3 Å². The van der Waals surface area contributed by atoms with Crippen molar-refractivity contribution >= 4 is 5.97 Å². The minimum atomic E-state index is -0.446. The lowest BCUT2D eigenvalue weighted by Crippen LogP contribution is -2.45. The number of piperazine rings is 1. The molecule has 2 aromatic rings. The molecule has 0 N–H and O–H groups in total. The van der Waals surface area contributed by atoms with E-state index >= 15 is 0 Å². The standard InChI is InChI=1S/C20H26N2O5/c1-24-16-4-6-18(25-2)15(12-16)13-21-8-10-22(11-9-21)14-17-5-7-19(27-17)20(23)26-3/h4-7,12H,8-11,13-14H2,1-3H3. The number of hydrogen-bond acceptors (Lipinski definition) is 7. The molecule has 0 spiro atoms. The molecule has 1 aromatic heterocycles. The highest BCUT2D eigenvalue weighted by molar-refractivity contribution is 5.86. The Hall–Kier alpha value is -2.51. The number of benzene rings is 1. The van der Waals surface area contributed by atoms with Crippen molar-refractivity contribution in [3.05, 3.63) is 47.4 Å². The summed E-state index contributed by atoms with van der Waals surface area (Å²) >= 11 is 0. The van der Waals surface area contributed by atoms with Crippen LogP contribution in [-0.2, 0) is 17.8 Å². The molecule has 0 unspecified atom stereocenters. The molecule has 7 nitrogen and oxygen atoms in total. The summed E-state index contributed by atoms with van der Waals surface area (Å²) in [6.45, 7) is 5.27. The Bertz CT molecular complexity index is 765. The average molecular weight is 374 g/mol. The second-order valence-electron chi connectivity index (χ2n) is 6.49. The Labute approximate surface area is 159 Å². The second kappa shape index (κ2) is 8.92. The highest BCUT2D eigenvalue weighted by Gasteiger charge is 2.20. The van der Waals surface area contributed by atoms with E-state index < -0.39 is 5.97 Å². The van der Waals surface area contributed by atoms with Gasteiger partial charge in [-0.05, 0) is 30.3 Å². The van der Waals surface area contributed by atoms with Gasteiger partial charge in [0, 0.05) is 38.3 Å². The fourth-order valence-corrected chi connectivity index (χ4v) is 3.25. The zero-order valence-corrected chi connectivity index (χ0v) is 16.1. The number of methoxy groups -OCH3 is 3. The van der Waals surface area contributed by atoms with Crippen LogP contribution in [0.25, 0.3) is 0 Å². The molecule has 7 heteroatoms. The zero-order chi connectivity index (χ0) is 19.2. The van der Waals surface area contributed by atoms with Crippen molar-refractivity contribution in [1.29, 1.82) is 0 Å². The number of esters is 1. The molecule has 0 saturated carbocycles. The van der Waals surface area contributed by atoms with Crippen molar-refractivity contribution < 1.29 is 23.4 Å².